The fourth-order valence-electron chi connectivity index (χ4n) is 2.18. The van der Waals surface area contributed by atoms with E-state index < -0.39 is 15.9 Å². The van der Waals surface area contributed by atoms with Crippen molar-refractivity contribution in [3.05, 3.63) is 41.2 Å². The van der Waals surface area contributed by atoms with Gasteiger partial charge in [-0.25, -0.2) is 13.1 Å². The molecule has 0 atom stereocenters. The Morgan fingerprint density at radius 2 is 1.92 bits per heavy atom. The Balaban J connectivity index is 1.88. The SMILES string of the molecule is COc1ccc(CNC(=O)CNS(=O)(=O)c2c(C)n[nH]c2C)cc1. The molecule has 0 aliphatic rings. The third kappa shape index (κ3) is 4.33. The first kappa shape index (κ1) is 18.0. The van der Waals surface area contributed by atoms with E-state index in [1.54, 1.807) is 33.1 Å². The van der Waals surface area contributed by atoms with Gasteiger partial charge in [-0.1, -0.05) is 12.1 Å². The quantitative estimate of drug-likeness (QED) is 0.676. The minimum absolute atomic E-state index is 0.0745. The Morgan fingerprint density at radius 3 is 2.46 bits per heavy atom. The second-order valence-electron chi connectivity index (χ2n) is 5.21. The van der Waals surface area contributed by atoms with E-state index in [-0.39, 0.29) is 11.4 Å². The molecule has 0 radical (unpaired) electrons. The van der Waals surface area contributed by atoms with Crippen LogP contribution in [0.4, 0.5) is 0 Å². The van der Waals surface area contributed by atoms with Gasteiger partial charge < -0.3 is 10.1 Å². The van der Waals surface area contributed by atoms with Crippen LogP contribution in [0.3, 0.4) is 0 Å². The summed E-state index contributed by atoms with van der Waals surface area (Å²) in [6.07, 6.45) is 0. The number of nitrogens with zero attached hydrogens (tertiary/aromatic N) is 1. The zero-order valence-electron chi connectivity index (χ0n) is 13.7. The molecule has 0 aliphatic carbocycles. The van der Waals surface area contributed by atoms with Gasteiger partial charge in [0.25, 0.3) is 0 Å². The standard InChI is InChI=1S/C15H20N4O4S/c1-10-15(11(2)19-18-10)24(21,22)17-9-14(20)16-8-12-4-6-13(23-3)7-5-12/h4-7,17H,8-9H2,1-3H3,(H,16,20)(H,18,19). The van der Waals surface area contributed by atoms with E-state index in [0.29, 0.717) is 17.9 Å². The Bertz CT molecular complexity index is 793. The van der Waals surface area contributed by atoms with E-state index in [1.165, 1.54) is 0 Å². The number of sulfonamides is 1. The number of nitrogens with one attached hydrogen (secondary N) is 3. The van der Waals surface area contributed by atoms with Gasteiger partial charge in [-0.15, -0.1) is 0 Å². The molecule has 9 heteroatoms. The molecular weight excluding hydrogens is 332 g/mol. The highest BCUT2D eigenvalue weighted by molar-refractivity contribution is 7.89. The number of ether oxygens (including phenoxy) is 1. The van der Waals surface area contributed by atoms with Crippen LogP contribution in [0, 0.1) is 13.8 Å². The van der Waals surface area contributed by atoms with Crippen molar-refractivity contribution in [2.45, 2.75) is 25.3 Å². The van der Waals surface area contributed by atoms with Crippen molar-refractivity contribution in [3.63, 3.8) is 0 Å². The highest BCUT2D eigenvalue weighted by Gasteiger charge is 2.22. The van der Waals surface area contributed by atoms with Gasteiger partial charge in [0, 0.05) is 6.54 Å². The van der Waals surface area contributed by atoms with E-state index in [4.69, 9.17) is 4.74 Å². The van der Waals surface area contributed by atoms with Crippen molar-refractivity contribution in [1.82, 2.24) is 20.2 Å². The summed E-state index contributed by atoms with van der Waals surface area (Å²) < 4.78 is 31.8. The Hall–Kier alpha value is -2.39. The van der Waals surface area contributed by atoms with Gasteiger partial charge in [0.05, 0.1) is 25.0 Å². The van der Waals surface area contributed by atoms with Crippen molar-refractivity contribution in [2.75, 3.05) is 13.7 Å². The smallest absolute Gasteiger partial charge is 0.244 e. The molecule has 0 fully saturated rings. The molecular formula is C15H20N4O4S. The number of benzene rings is 1. The summed E-state index contributed by atoms with van der Waals surface area (Å²) in [5.41, 5.74) is 1.67. The van der Waals surface area contributed by atoms with Crippen molar-refractivity contribution < 1.29 is 17.9 Å². The van der Waals surface area contributed by atoms with Gasteiger partial charge >= 0.3 is 0 Å². The molecule has 1 heterocycles. The summed E-state index contributed by atoms with van der Waals surface area (Å²) in [4.78, 5) is 11.9. The number of rotatable bonds is 7. The van der Waals surface area contributed by atoms with Crippen LogP contribution in [0.5, 0.6) is 5.75 Å². The van der Waals surface area contributed by atoms with Gasteiger partial charge in [-0.3, -0.25) is 9.89 Å². The van der Waals surface area contributed by atoms with E-state index in [9.17, 15) is 13.2 Å². The van der Waals surface area contributed by atoms with Crippen molar-refractivity contribution >= 4 is 15.9 Å². The number of aromatic nitrogens is 2. The molecule has 2 rings (SSSR count). The Kier molecular flexibility index (Phi) is 5.58. The van der Waals surface area contributed by atoms with Gasteiger partial charge in [0.1, 0.15) is 10.6 Å². The lowest BCUT2D eigenvalue weighted by atomic mass is 10.2. The molecule has 130 valence electrons. The molecule has 1 amide bonds. The van der Waals surface area contributed by atoms with Crippen LogP contribution in [-0.4, -0.2) is 38.2 Å². The third-order valence-corrected chi connectivity index (χ3v) is 5.06. The minimum Gasteiger partial charge on any atom is -0.497 e. The van der Waals surface area contributed by atoms with Crippen LogP contribution in [0.25, 0.3) is 0 Å². The van der Waals surface area contributed by atoms with Crippen LogP contribution in [0.2, 0.25) is 0 Å². The molecule has 24 heavy (non-hydrogen) atoms. The zero-order chi connectivity index (χ0) is 17.7. The zero-order valence-corrected chi connectivity index (χ0v) is 14.5. The number of hydrogen-bond acceptors (Lipinski definition) is 5. The van der Waals surface area contributed by atoms with Crippen molar-refractivity contribution in [1.29, 1.82) is 0 Å². The molecule has 2 aromatic rings. The summed E-state index contributed by atoms with van der Waals surface area (Å²) in [5, 5.41) is 9.10. The van der Waals surface area contributed by atoms with Crippen molar-refractivity contribution in [2.24, 2.45) is 0 Å². The Labute approximate surface area is 140 Å². The van der Waals surface area contributed by atoms with Crippen molar-refractivity contribution in [3.8, 4) is 5.75 Å². The lowest BCUT2D eigenvalue weighted by Crippen LogP contribution is -2.36. The number of methoxy groups -OCH3 is 1. The number of aromatic amines is 1. The summed E-state index contributed by atoms with van der Waals surface area (Å²) in [6, 6.07) is 7.21. The number of carbonyl (C=O) groups excluding carboxylic acids is 1. The molecule has 8 nitrogen and oxygen atoms in total. The number of H-pyrrole nitrogens is 1. The van der Waals surface area contributed by atoms with Crippen LogP contribution >= 0.6 is 0 Å². The van der Waals surface area contributed by atoms with Crippen LogP contribution in [0.1, 0.15) is 17.0 Å². The fourth-order valence-corrected chi connectivity index (χ4v) is 3.52. The van der Waals surface area contributed by atoms with Gasteiger partial charge in [-0.05, 0) is 31.5 Å². The summed E-state index contributed by atoms with van der Waals surface area (Å²) >= 11 is 0. The van der Waals surface area contributed by atoms with Crippen LogP contribution < -0.4 is 14.8 Å². The lowest BCUT2D eigenvalue weighted by Gasteiger charge is -2.08. The monoisotopic (exact) mass is 352 g/mol. The van der Waals surface area contributed by atoms with E-state index in [2.05, 4.69) is 20.2 Å². The maximum absolute atomic E-state index is 12.2. The highest BCUT2D eigenvalue weighted by atomic mass is 32.2. The van der Waals surface area contributed by atoms with Gasteiger partial charge in [-0.2, -0.15) is 5.10 Å². The number of aryl methyl sites for hydroxylation is 2. The molecule has 0 saturated carbocycles. The maximum atomic E-state index is 12.2. The number of hydrogen-bond donors (Lipinski definition) is 3. The largest absolute Gasteiger partial charge is 0.497 e. The van der Waals surface area contributed by atoms with Gasteiger partial charge in [0.2, 0.25) is 15.9 Å². The number of carbonyl (C=O) groups is 1. The van der Waals surface area contributed by atoms with Crippen LogP contribution in [-0.2, 0) is 21.4 Å². The molecule has 0 bridgehead atoms. The van der Waals surface area contributed by atoms with E-state index in [0.717, 1.165) is 11.3 Å². The third-order valence-electron chi connectivity index (χ3n) is 3.40. The highest BCUT2D eigenvalue weighted by Crippen LogP contribution is 2.15. The van der Waals surface area contributed by atoms with E-state index in [1.807, 2.05) is 12.1 Å². The minimum atomic E-state index is -3.79. The molecule has 0 saturated heterocycles. The average Bonchev–Trinajstić information content (AvgIpc) is 2.91. The first-order valence-electron chi connectivity index (χ1n) is 7.24. The molecule has 0 unspecified atom stereocenters. The predicted octanol–water partition coefficient (Wildman–Crippen LogP) is 0.630. The molecule has 3 N–H and O–H groups in total. The fraction of sp³-hybridized carbons (Fsp3) is 0.333. The topological polar surface area (TPSA) is 113 Å². The maximum Gasteiger partial charge on any atom is 0.244 e. The Morgan fingerprint density at radius 1 is 1.25 bits per heavy atom. The van der Waals surface area contributed by atoms with Gasteiger partial charge in [0.15, 0.2) is 0 Å². The summed E-state index contributed by atoms with van der Waals surface area (Å²) in [5.74, 6) is 0.303. The predicted molar refractivity (Wildman–Crippen MR) is 88.1 cm³/mol. The second kappa shape index (κ2) is 7.45. The molecule has 0 spiro atoms. The van der Waals surface area contributed by atoms with Crippen LogP contribution in [0.15, 0.2) is 29.2 Å². The molecule has 1 aromatic heterocycles. The van der Waals surface area contributed by atoms with E-state index >= 15 is 0 Å². The first-order chi connectivity index (χ1) is 11.3. The number of amides is 1. The first-order valence-corrected chi connectivity index (χ1v) is 8.72. The lowest BCUT2D eigenvalue weighted by molar-refractivity contribution is -0.120. The molecule has 1 aromatic carbocycles. The average molecular weight is 352 g/mol. The summed E-state index contributed by atoms with van der Waals surface area (Å²) in [6.45, 7) is 3.15. The molecule has 0 aliphatic heterocycles. The second-order valence-corrected chi connectivity index (χ2v) is 6.92. The summed E-state index contributed by atoms with van der Waals surface area (Å²) in [7, 11) is -2.21. The normalized spacial score (nSPS) is 11.3.